The number of halogens is 2. The molecule has 0 spiro atoms. The van der Waals surface area contributed by atoms with Gasteiger partial charge in [0.25, 0.3) is 0 Å². The Morgan fingerprint density at radius 2 is 1.62 bits per heavy atom. The molecule has 2 nitrogen and oxygen atoms in total. The quantitative estimate of drug-likeness (QED) is 0.729. The van der Waals surface area contributed by atoms with Crippen molar-refractivity contribution in [1.29, 1.82) is 0 Å². The lowest BCUT2D eigenvalue weighted by Crippen LogP contribution is -2.01. The van der Waals surface area contributed by atoms with Crippen molar-refractivity contribution >= 4 is 16.5 Å². The van der Waals surface area contributed by atoms with Crippen molar-refractivity contribution in [3.8, 4) is 5.75 Å². The summed E-state index contributed by atoms with van der Waals surface area (Å²) in [5.41, 5.74) is 6.74. The Balaban J connectivity index is 1.92. The lowest BCUT2D eigenvalue weighted by atomic mass is 10.1. The average Bonchev–Trinajstić information content (AvgIpc) is 2.51. The molecule has 21 heavy (non-hydrogen) atoms. The van der Waals surface area contributed by atoms with Gasteiger partial charge in [-0.2, -0.15) is 0 Å². The van der Waals surface area contributed by atoms with E-state index in [1.54, 1.807) is 12.1 Å². The molecule has 0 aliphatic rings. The summed E-state index contributed by atoms with van der Waals surface area (Å²) in [4.78, 5) is 0. The standard InChI is InChI=1S/C17H13F2NO/c18-14-7-3-4-11(17(14)19)10-21-16-9-8-15(20)12-5-1-2-6-13(12)16/h1-9H,10,20H2. The maximum atomic E-state index is 13.6. The molecule has 0 radical (unpaired) electrons. The Kier molecular flexibility index (Phi) is 3.44. The highest BCUT2D eigenvalue weighted by atomic mass is 19.2. The van der Waals surface area contributed by atoms with E-state index in [9.17, 15) is 8.78 Å². The van der Waals surface area contributed by atoms with Gasteiger partial charge in [0.2, 0.25) is 0 Å². The molecule has 3 aromatic carbocycles. The first-order valence-corrected chi connectivity index (χ1v) is 6.50. The molecular formula is C17H13F2NO. The molecule has 0 saturated heterocycles. The van der Waals surface area contributed by atoms with Gasteiger partial charge < -0.3 is 10.5 Å². The number of fused-ring (bicyclic) bond motifs is 1. The van der Waals surface area contributed by atoms with Crippen molar-refractivity contribution in [2.75, 3.05) is 5.73 Å². The van der Waals surface area contributed by atoms with Crippen molar-refractivity contribution in [2.24, 2.45) is 0 Å². The highest BCUT2D eigenvalue weighted by Crippen LogP contribution is 2.30. The number of rotatable bonds is 3. The summed E-state index contributed by atoms with van der Waals surface area (Å²) >= 11 is 0. The Morgan fingerprint density at radius 3 is 2.43 bits per heavy atom. The Hall–Kier alpha value is -2.62. The van der Waals surface area contributed by atoms with Crippen LogP contribution in [0, 0.1) is 11.6 Å². The van der Waals surface area contributed by atoms with Gasteiger partial charge in [-0.3, -0.25) is 0 Å². The fraction of sp³-hybridized carbons (Fsp3) is 0.0588. The van der Waals surface area contributed by atoms with Gasteiger partial charge in [0, 0.05) is 22.0 Å². The second-order valence-electron chi connectivity index (χ2n) is 4.70. The third kappa shape index (κ3) is 2.52. The number of ether oxygens (including phenoxy) is 1. The third-order valence-corrected chi connectivity index (χ3v) is 3.33. The average molecular weight is 285 g/mol. The molecular weight excluding hydrogens is 272 g/mol. The summed E-state index contributed by atoms with van der Waals surface area (Å²) in [6.45, 7) is -0.0441. The van der Waals surface area contributed by atoms with E-state index in [4.69, 9.17) is 10.5 Å². The van der Waals surface area contributed by atoms with Gasteiger partial charge in [0.05, 0.1) is 0 Å². The van der Waals surface area contributed by atoms with E-state index in [2.05, 4.69) is 0 Å². The first kappa shape index (κ1) is 13.4. The van der Waals surface area contributed by atoms with Crippen LogP contribution in [0.15, 0.2) is 54.6 Å². The van der Waals surface area contributed by atoms with Crippen molar-refractivity contribution in [2.45, 2.75) is 6.61 Å². The minimum Gasteiger partial charge on any atom is -0.488 e. The predicted molar refractivity (Wildman–Crippen MR) is 79.1 cm³/mol. The zero-order valence-corrected chi connectivity index (χ0v) is 11.1. The van der Waals surface area contributed by atoms with Crippen molar-refractivity contribution in [1.82, 2.24) is 0 Å². The number of hydrogen-bond acceptors (Lipinski definition) is 2. The van der Waals surface area contributed by atoms with Gasteiger partial charge in [-0.25, -0.2) is 8.78 Å². The molecule has 0 aliphatic heterocycles. The van der Waals surface area contributed by atoms with Gasteiger partial charge in [0.1, 0.15) is 12.4 Å². The monoisotopic (exact) mass is 285 g/mol. The Morgan fingerprint density at radius 1 is 0.857 bits per heavy atom. The van der Waals surface area contributed by atoms with Gasteiger partial charge >= 0.3 is 0 Å². The number of benzene rings is 3. The predicted octanol–water partition coefficient (Wildman–Crippen LogP) is 4.28. The van der Waals surface area contributed by atoms with Crippen LogP contribution in [0.5, 0.6) is 5.75 Å². The molecule has 0 unspecified atom stereocenters. The van der Waals surface area contributed by atoms with E-state index in [1.807, 2.05) is 24.3 Å². The molecule has 0 fully saturated rings. The minimum atomic E-state index is -0.878. The van der Waals surface area contributed by atoms with Crippen molar-refractivity contribution in [3.05, 3.63) is 71.8 Å². The van der Waals surface area contributed by atoms with Crippen LogP contribution in [0.1, 0.15) is 5.56 Å². The number of nitrogen functional groups attached to an aromatic ring is 1. The van der Waals surface area contributed by atoms with Crippen LogP contribution >= 0.6 is 0 Å². The SMILES string of the molecule is Nc1ccc(OCc2cccc(F)c2F)c2ccccc12. The van der Waals surface area contributed by atoms with Crippen LogP contribution in [0.25, 0.3) is 10.8 Å². The van der Waals surface area contributed by atoms with Crippen LogP contribution < -0.4 is 10.5 Å². The molecule has 0 amide bonds. The maximum Gasteiger partial charge on any atom is 0.165 e. The molecule has 0 bridgehead atoms. The first-order valence-electron chi connectivity index (χ1n) is 6.50. The lowest BCUT2D eigenvalue weighted by molar-refractivity contribution is 0.301. The fourth-order valence-electron chi connectivity index (χ4n) is 2.24. The molecule has 106 valence electrons. The Labute approximate surface area is 120 Å². The molecule has 3 aromatic rings. The van der Waals surface area contributed by atoms with E-state index in [-0.39, 0.29) is 12.2 Å². The molecule has 3 rings (SSSR count). The summed E-state index contributed by atoms with van der Waals surface area (Å²) < 4.78 is 32.4. The summed E-state index contributed by atoms with van der Waals surface area (Å²) in [6.07, 6.45) is 0. The number of nitrogens with two attached hydrogens (primary N) is 1. The van der Waals surface area contributed by atoms with Crippen LogP contribution in [0.3, 0.4) is 0 Å². The van der Waals surface area contributed by atoms with Crippen LogP contribution in [0.4, 0.5) is 14.5 Å². The highest BCUT2D eigenvalue weighted by molar-refractivity contribution is 5.96. The van der Waals surface area contributed by atoms with Crippen molar-refractivity contribution < 1.29 is 13.5 Å². The second-order valence-corrected chi connectivity index (χ2v) is 4.70. The minimum absolute atomic E-state index is 0.0441. The molecule has 0 heterocycles. The van der Waals surface area contributed by atoms with E-state index < -0.39 is 11.6 Å². The summed E-state index contributed by atoms with van der Waals surface area (Å²) in [5.74, 6) is -1.17. The number of hydrogen-bond donors (Lipinski definition) is 1. The summed E-state index contributed by atoms with van der Waals surface area (Å²) in [6, 6.07) is 15.0. The molecule has 0 saturated carbocycles. The van der Waals surface area contributed by atoms with Crippen LogP contribution in [-0.2, 0) is 6.61 Å². The summed E-state index contributed by atoms with van der Waals surface area (Å²) in [7, 11) is 0. The smallest absolute Gasteiger partial charge is 0.165 e. The van der Waals surface area contributed by atoms with E-state index in [0.29, 0.717) is 11.4 Å². The molecule has 2 N–H and O–H groups in total. The molecule has 4 heteroatoms. The maximum absolute atomic E-state index is 13.6. The van der Waals surface area contributed by atoms with E-state index >= 15 is 0 Å². The lowest BCUT2D eigenvalue weighted by Gasteiger charge is -2.11. The third-order valence-electron chi connectivity index (χ3n) is 3.33. The Bertz CT molecular complexity index is 802. The fourth-order valence-corrected chi connectivity index (χ4v) is 2.24. The van der Waals surface area contributed by atoms with Gasteiger partial charge in [-0.1, -0.05) is 36.4 Å². The topological polar surface area (TPSA) is 35.2 Å². The van der Waals surface area contributed by atoms with Crippen LogP contribution in [0.2, 0.25) is 0 Å². The number of anilines is 1. The van der Waals surface area contributed by atoms with E-state index in [0.717, 1.165) is 16.8 Å². The van der Waals surface area contributed by atoms with Gasteiger partial charge in [-0.15, -0.1) is 0 Å². The van der Waals surface area contributed by atoms with Crippen LogP contribution in [-0.4, -0.2) is 0 Å². The summed E-state index contributed by atoms with van der Waals surface area (Å²) in [5, 5.41) is 1.71. The highest BCUT2D eigenvalue weighted by Gasteiger charge is 2.09. The molecule has 0 aromatic heterocycles. The van der Waals surface area contributed by atoms with Crippen molar-refractivity contribution in [3.63, 3.8) is 0 Å². The zero-order valence-electron chi connectivity index (χ0n) is 11.1. The molecule has 0 aliphatic carbocycles. The zero-order chi connectivity index (χ0) is 14.8. The molecule has 0 atom stereocenters. The first-order chi connectivity index (χ1) is 10.2. The largest absolute Gasteiger partial charge is 0.488 e. The van der Waals surface area contributed by atoms with E-state index in [1.165, 1.54) is 12.1 Å². The van der Waals surface area contributed by atoms with Gasteiger partial charge in [-0.05, 0) is 18.2 Å². The second kappa shape index (κ2) is 5.40. The van der Waals surface area contributed by atoms with Gasteiger partial charge in [0.15, 0.2) is 11.6 Å². The normalized spacial score (nSPS) is 10.8.